The fourth-order valence-electron chi connectivity index (χ4n) is 3.80. The Hall–Kier alpha value is -0.0200. The Bertz CT molecular complexity index is 503. The molecule has 1 unspecified atom stereocenters. The van der Waals surface area contributed by atoms with Crippen molar-refractivity contribution >= 4 is 21.4 Å². The van der Waals surface area contributed by atoms with Crippen LogP contribution in [0.1, 0.15) is 41.5 Å². The lowest BCUT2D eigenvalue weighted by molar-refractivity contribution is 0.263. The van der Waals surface area contributed by atoms with Gasteiger partial charge in [0.05, 0.1) is 4.75 Å². The highest BCUT2D eigenvalue weighted by molar-refractivity contribution is 7.96. The topological polar surface area (TPSA) is 34.1 Å². The first kappa shape index (κ1) is 12.4. The standard InChI is InChI=1S/C12H19ClO2S/c1-7-8(2)11(5)9(3)10(7,4)12(6,13)16(11,14)15/h9H,1-6H3/t9?,10-,11+,12-/m1/s1. The van der Waals surface area contributed by atoms with E-state index in [0.717, 1.165) is 11.1 Å². The molecule has 92 valence electrons. The second kappa shape index (κ2) is 2.69. The molecular formula is C12H19ClO2S. The Kier molecular flexibility index (Phi) is 2.09. The largest absolute Gasteiger partial charge is 0.226 e. The van der Waals surface area contributed by atoms with Gasteiger partial charge in [0.15, 0.2) is 14.0 Å². The Morgan fingerprint density at radius 2 is 1.56 bits per heavy atom. The fraction of sp³-hybridized carbons (Fsp3) is 0.833. The van der Waals surface area contributed by atoms with Gasteiger partial charge in [-0.2, -0.15) is 0 Å². The lowest BCUT2D eigenvalue weighted by Gasteiger charge is -2.39. The Morgan fingerprint density at radius 3 is 1.88 bits per heavy atom. The summed E-state index contributed by atoms with van der Waals surface area (Å²) in [5.41, 5.74) is 1.68. The molecule has 0 aromatic heterocycles. The van der Waals surface area contributed by atoms with Gasteiger partial charge in [0.2, 0.25) is 0 Å². The molecule has 4 heteroatoms. The van der Waals surface area contributed by atoms with Gasteiger partial charge in [0, 0.05) is 5.41 Å². The maximum absolute atomic E-state index is 12.6. The minimum Gasteiger partial charge on any atom is -0.226 e. The molecular weight excluding hydrogens is 244 g/mol. The predicted octanol–water partition coefficient (Wildman–Crippen LogP) is 3.12. The van der Waals surface area contributed by atoms with E-state index in [4.69, 9.17) is 11.6 Å². The molecule has 2 aliphatic rings. The highest BCUT2D eigenvalue weighted by Crippen LogP contribution is 2.71. The van der Waals surface area contributed by atoms with E-state index < -0.39 is 24.2 Å². The Labute approximate surface area is 103 Å². The lowest BCUT2D eigenvalue weighted by atomic mass is 9.72. The number of alkyl halides is 1. The molecule has 2 nitrogen and oxygen atoms in total. The van der Waals surface area contributed by atoms with Gasteiger partial charge >= 0.3 is 0 Å². The van der Waals surface area contributed by atoms with Crippen LogP contribution < -0.4 is 0 Å². The maximum Gasteiger partial charge on any atom is 0.180 e. The molecule has 16 heavy (non-hydrogen) atoms. The van der Waals surface area contributed by atoms with Gasteiger partial charge in [-0.05, 0) is 33.6 Å². The summed E-state index contributed by atoms with van der Waals surface area (Å²) >= 11 is 6.42. The Balaban J connectivity index is 2.95. The third-order valence-corrected chi connectivity index (χ3v) is 9.98. The van der Waals surface area contributed by atoms with Crippen LogP contribution in [-0.2, 0) is 9.84 Å². The van der Waals surface area contributed by atoms with Gasteiger partial charge in [-0.25, -0.2) is 8.42 Å². The van der Waals surface area contributed by atoms with Crippen LogP contribution in [-0.4, -0.2) is 17.4 Å². The molecule has 1 aliphatic heterocycles. The van der Waals surface area contributed by atoms with E-state index in [-0.39, 0.29) is 5.92 Å². The van der Waals surface area contributed by atoms with Crippen molar-refractivity contribution < 1.29 is 8.42 Å². The summed E-state index contributed by atoms with van der Waals surface area (Å²) in [6.07, 6.45) is 0. The number of rotatable bonds is 0. The number of hydrogen-bond donors (Lipinski definition) is 0. The molecule has 0 N–H and O–H groups in total. The molecule has 0 amide bonds. The van der Waals surface area contributed by atoms with Crippen molar-refractivity contribution in [3.05, 3.63) is 11.1 Å². The summed E-state index contributed by atoms with van der Waals surface area (Å²) in [6, 6.07) is 0. The van der Waals surface area contributed by atoms with Crippen molar-refractivity contribution in [2.24, 2.45) is 11.3 Å². The lowest BCUT2D eigenvalue weighted by Crippen LogP contribution is -2.46. The SMILES string of the molecule is CC1=C(C)[C@]2(C)C(C)[C@@]1(C)S(=O)(=O)[C@@]2(C)Cl. The van der Waals surface area contributed by atoms with E-state index in [2.05, 4.69) is 0 Å². The van der Waals surface area contributed by atoms with E-state index >= 15 is 0 Å². The van der Waals surface area contributed by atoms with Crippen LogP contribution in [0.15, 0.2) is 11.1 Å². The minimum atomic E-state index is -3.35. The third kappa shape index (κ3) is 0.779. The van der Waals surface area contributed by atoms with E-state index in [1.807, 2.05) is 34.6 Å². The maximum atomic E-state index is 12.6. The molecule has 4 atom stereocenters. The van der Waals surface area contributed by atoms with Gasteiger partial charge in [0.25, 0.3) is 0 Å². The summed E-state index contributed by atoms with van der Waals surface area (Å²) < 4.78 is 23.2. The highest BCUT2D eigenvalue weighted by Gasteiger charge is 2.77. The van der Waals surface area contributed by atoms with Crippen LogP contribution >= 0.6 is 11.6 Å². The van der Waals surface area contributed by atoms with Crippen molar-refractivity contribution in [1.29, 1.82) is 0 Å². The van der Waals surface area contributed by atoms with Gasteiger partial charge in [-0.15, -0.1) is 11.6 Å². The van der Waals surface area contributed by atoms with Crippen molar-refractivity contribution in [3.8, 4) is 0 Å². The van der Waals surface area contributed by atoms with Gasteiger partial charge in [-0.1, -0.05) is 25.0 Å². The van der Waals surface area contributed by atoms with E-state index in [9.17, 15) is 8.42 Å². The van der Waals surface area contributed by atoms with Crippen molar-refractivity contribution in [3.63, 3.8) is 0 Å². The molecule has 0 radical (unpaired) electrons. The average molecular weight is 263 g/mol. The van der Waals surface area contributed by atoms with Crippen molar-refractivity contribution in [2.45, 2.75) is 50.5 Å². The minimum absolute atomic E-state index is 0.0347. The van der Waals surface area contributed by atoms with Gasteiger partial charge in [0.1, 0.15) is 0 Å². The molecule has 1 fully saturated rings. The number of hydrogen-bond acceptors (Lipinski definition) is 2. The van der Waals surface area contributed by atoms with Crippen LogP contribution in [0.5, 0.6) is 0 Å². The van der Waals surface area contributed by atoms with Crippen LogP contribution in [0.2, 0.25) is 0 Å². The summed E-state index contributed by atoms with van der Waals surface area (Å²) in [4.78, 5) is 0. The fourth-order valence-corrected chi connectivity index (χ4v) is 7.52. The van der Waals surface area contributed by atoms with Crippen LogP contribution in [0.4, 0.5) is 0 Å². The summed E-state index contributed by atoms with van der Waals surface area (Å²) in [7, 11) is -3.35. The molecule has 1 aliphatic carbocycles. The van der Waals surface area contributed by atoms with Crippen molar-refractivity contribution in [2.75, 3.05) is 0 Å². The smallest absolute Gasteiger partial charge is 0.180 e. The van der Waals surface area contributed by atoms with Crippen LogP contribution in [0.25, 0.3) is 0 Å². The first-order chi connectivity index (χ1) is 6.97. The molecule has 2 rings (SSSR count). The van der Waals surface area contributed by atoms with Crippen molar-refractivity contribution in [1.82, 2.24) is 0 Å². The number of fused-ring (bicyclic) bond motifs is 2. The van der Waals surface area contributed by atoms with Crippen LogP contribution in [0, 0.1) is 11.3 Å². The molecule has 1 saturated heterocycles. The second-order valence-electron chi connectivity index (χ2n) is 5.70. The van der Waals surface area contributed by atoms with E-state index in [1.54, 1.807) is 6.92 Å². The molecule has 2 bridgehead atoms. The Morgan fingerprint density at radius 1 is 1.12 bits per heavy atom. The molecule has 0 spiro atoms. The zero-order valence-electron chi connectivity index (χ0n) is 10.7. The first-order valence-corrected chi connectivity index (χ1v) is 7.45. The normalized spacial score (nSPS) is 54.8. The average Bonchev–Trinajstić information content (AvgIpc) is 2.36. The second-order valence-corrected chi connectivity index (χ2v) is 9.35. The quantitative estimate of drug-likeness (QED) is 0.497. The summed E-state index contributed by atoms with van der Waals surface area (Å²) in [6.45, 7) is 11.4. The monoisotopic (exact) mass is 262 g/mol. The number of allylic oxidation sites excluding steroid dienone is 1. The highest BCUT2D eigenvalue weighted by atomic mass is 35.5. The van der Waals surface area contributed by atoms with Crippen LogP contribution in [0.3, 0.4) is 0 Å². The molecule has 1 heterocycles. The molecule has 0 saturated carbocycles. The zero-order valence-corrected chi connectivity index (χ0v) is 12.3. The predicted molar refractivity (Wildman–Crippen MR) is 67.2 cm³/mol. The summed E-state index contributed by atoms with van der Waals surface area (Å²) in [5, 5.41) is 0. The first-order valence-electron chi connectivity index (χ1n) is 5.59. The number of halogens is 1. The third-order valence-electron chi connectivity index (χ3n) is 5.77. The van der Waals surface area contributed by atoms with Gasteiger partial charge < -0.3 is 0 Å². The zero-order chi connectivity index (χ0) is 12.7. The van der Waals surface area contributed by atoms with Gasteiger partial charge in [-0.3, -0.25) is 0 Å². The van der Waals surface area contributed by atoms with E-state index in [1.165, 1.54) is 0 Å². The number of sulfone groups is 1. The molecule has 0 aromatic rings. The summed E-state index contributed by atoms with van der Waals surface area (Å²) in [5.74, 6) is 0.0347. The molecule has 0 aromatic carbocycles. The van der Waals surface area contributed by atoms with E-state index in [0.29, 0.717) is 0 Å².